The Kier molecular flexibility index (Phi) is 4.64. The summed E-state index contributed by atoms with van der Waals surface area (Å²) < 4.78 is 27.5. The first-order chi connectivity index (χ1) is 11.0. The summed E-state index contributed by atoms with van der Waals surface area (Å²) >= 11 is 0. The molecule has 3 rings (SSSR count). The van der Waals surface area contributed by atoms with Crippen LogP contribution in [0.1, 0.15) is 37.8 Å². The number of likely N-dealkylation sites (tertiary alicyclic amines) is 1. The van der Waals surface area contributed by atoms with Crippen LogP contribution in [0.5, 0.6) is 0 Å². The van der Waals surface area contributed by atoms with Crippen LogP contribution in [0.3, 0.4) is 0 Å². The smallest absolute Gasteiger partial charge is 0.237 e. The van der Waals surface area contributed by atoms with Crippen molar-refractivity contribution in [3.8, 4) is 0 Å². The minimum atomic E-state index is -0.706. The molecule has 0 unspecified atom stereocenters. The van der Waals surface area contributed by atoms with E-state index in [1.165, 1.54) is 4.90 Å². The quantitative estimate of drug-likeness (QED) is 0.902. The molecule has 0 radical (unpaired) electrons. The number of hydrogen-bond acceptors (Lipinski definition) is 3. The number of rotatable bonds is 5. The molecular formula is C17H22F2N2O2. The third-order valence-corrected chi connectivity index (χ3v) is 4.72. The maximum atomic E-state index is 14.1. The molecule has 1 aliphatic heterocycles. The molecule has 0 aromatic heterocycles. The number of likely N-dealkylation sites (N-methyl/N-ethyl adjacent to an activating group) is 1. The first-order valence-corrected chi connectivity index (χ1v) is 8.16. The van der Waals surface area contributed by atoms with Crippen molar-refractivity contribution in [1.82, 2.24) is 9.80 Å². The maximum Gasteiger partial charge on any atom is 0.237 e. The second-order valence-electron chi connectivity index (χ2n) is 6.41. The average Bonchev–Trinajstić information content (AvgIpc) is 3.29. The van der Waals surface area contributed by atoms with E-state index in [0.717, 1.165) is 37.6 Å². The van der Waals surface area contributed by atoms with Gasteiger partial charge in [0.2, 0.25) is 5.91 Å². The summed E-state index contributed by atoms with van der Waals surface area (Å²) in [6.45, 7) is 3.23. The van der Waals surface area contributed by atoms with Gasteiger partial charge in [-0.05, 0) is 44.0 Å². The highest BCUT2D eigenvalue weighted by Crippen LogP contribution is 2.35. The van der Waals surface area contributed by atoms with E-state index in [1.807, 2.05) is 6.92 Å². The van der Waals surface area contributed by atoms with Gasteiger partial charge >= 0.3 is 0 Å². The number of amides is 1. The molecule has 23 heavy (non-hydrogen) atoms. The summed E-state index contributed by atoms with van der Waals surface area (Å²) in [6.07, 6.45) is 1.74. The molecule has 1 aliphatic carbocycles. The van der Waals surface area contributed by atoms with Crippen LogP contribution in [0.2, 0.25) is 0 Å². The molecule has 1 aromatic rings. The Hall–Kier alpha value is -1.53. The van der Waals surface area contributed by atoms with Gasteiger partial charge in [0.1, 0.15) is 11.6 Å². The van der Waals surface area contributed by atoms with Crippen molar-refractivity contribution < 1.29 is 18.7 Å². The monoisotopic (exact) mass is 324 g/mol. The van der Waals surface area contributed by atoms with Crippen LogP contribution in [-0.4, -0.2) is 52.6 Å². The number of benzene rings is 1. The standard InChI is InChI=1S/C17H22F2N2O2/c1-2-20(12-4-5-12)10-17(23)21-9-13(22)8-16(21)14-7-11(18)3-6-15(14)19/h3,6-7,12-13,16,22H,2,4-5,8-10H2,1H3/t13-,16-/m1/s1. The second-order valence-corrected chi connectivity index (χ2v) is 6.41. The molecule has 1 saturated carbocycles. The number of carbonyl (C=O) groups is 1. The van der Waals surface area contributed by atoms with Gasteiger partial charge in [-0.25, -0.2) is 8.78 Å². The lowest BCUT2D eigenvalue weighted by molar-refractivity contribution is -0.133. The predicted octanol–water partition coefficient (Wildman–Crippen LogP) is 2.08. The molecular weight excluding hydrogens is 302 g/mol. The summed E-state index contributed by atoms with van der Waals surface area (Å²) in [5, 5.41) is 9.93. The van der Waals surface area contributed by atoms with Gasteiger partial charge in [-0.1, -0.05) is 6.92 Å². The van der Waals surface area contributed by atoms with Gasteiger partial charge in [0.25, 0.3) is 0 Å². The fourth-order valence-electron chi connectivity index (χ4n) is 3.36. The van der Waals surface area contributed by atoms with Crippen molar-refractivity contribution in [3.63, 3.8) is 0 Å². The number of β-amino-alcohol motifs (C(OH)–C–C–N with tert-alkyl or cyclic N) is 1. The molecule has 0 spiro atoms. The van der Waals surface area contributed by atoms with Gasteiger partial charge in [0, 0.05) is 18.2 Å². The summed E-state index contributed by atoms with van der Waals surface area (Å²) in [7, 11) is 0. The highest BCUT2D eigenvalue weighted by molar-refractivity contribution is 5.79. The molecule has 1 saturated heterocycles. The highest BCUT2D eigenvalue weighted by atomic mass is 19.1. The molecule has 1 aromatic carbocycles. The zero-order valence-corrected chi connectivity index (χ0v) is 13.2. The molecule has 2 aliphatic rings. The Morgan fingerprint density at radius 3 is 2.78 bits per heavy atom. The molecule has 2 atom stereocenters. The normalized spacial score (nSPS) is 24.5. The third kappa shape index (κ3) is 3.53. The van der Waals surface area contributed by atoms with Crippen LogP contribution in [0.4, 0.5) is 8.78 Å². The van der Waals surface area contributed by atoms with Crippen molar-refractivity contribution in [2.75, 3.05) is 19.6 Å². The molecule has 1 N–H and O–H groups in total. The lowest BCUT2D eigenvalue weighted by atomic mass is 10.0. The first-order valence-electron chi connectivity index (χ1n) is 8.16. The lowest BCUT2D eigenvalue weighted by Crippen LogP contribution is -2.41. The lowest BCUT2D eigenvalue weighted by Gasteiger charge is -2.28. The van der Waals surface area contributed by atoms with E-state index < -0.39 is 23.8 Å². The van der Waals surface area contributed by atoms with Gasteiger partial charge in [-0.3, -0.25) is 9.69 Å². The molecule has 6 heteroatoms. The summed E-state index contributed by atoms with van der Waals surface area (Å²) in [4.78, 5) is 16.2. The van der Waals surface area contributed by atoms with Gasteiger partial charge in [0.15, 0.2) is 0 Å². The summed E-state index contributed by atoms with van der Waals surface area (Å²) in [5.74, 6) is -1.22. The molecule has 126 valence electrons. The fourth-order valence-corrected chi connectivity index (χ4v) is 3.36. The minimum absolute atomic E-state index is 0.135. The number of aliphatic hydroxyl groups is 1. The number of halogens is 2. The van der Waals surface area contributed by atoms with Crippen molar-refractivity contribution in [2.24, 2.45) is 0 Å². The molecule has 1 amide bonds. The zero-order valence-electron chi connectivity index (χ0n) is 13.2. The predicted molar refractivity (Wildman–Crippen MR) is 81.7 cm³/mol. The summed E-state index contributed by atoms with van der Waals surface area (Å²) in [5.41, 5.74) is 0.143. The number of aliphatic hydroxyl groups excluding tert-OH is 1. The van der Waals surface area contributed by atoms with E-state index in [4.69, 9.17) is 0 Å². The SMILES string of the molecule is CCN(CC(=O)N1C[C@H](O)C[C@@H]1c1cc(F)ccc1F)C1CC1. The maximum absolute atomic E-state index is 14.1. The topological polar surface area (TPSA) is 43.8 Å². The van der Waals surface area contributed by atoms with E-state index in [-0.39, 0.29) is 31.0 Å². The minimum Gasteiger partial charge on any atom is -0.391 e. The number of carbonyl (C=O) groups excluding carboxylic acids is 1. The Bertz CT molecular complexity index is 592. The van der Waals surface area contributed by atoms with Gasteiger partial charge in [-0.15, -0.1) is 0 Å². The van der Waals surface area contributed by atoms with Gasteiger partial charge in [-0.2, -0.15) is 0 Å². The third-order valence-electron chi connectivity index (χ3n) is 4.72. The van der Waals surface area contributed by atoms with E-state index in [2.05, 4.69) is 4.90 Å². The van der Waals surface area contributed by atoms with Crippen molar-refractivity contribution in [2.45, 2.75) is 44.4 Å². The number of nitrogens with zero attached hydrogens (tertiary/aromatic N) is 2. The summed E-state index contributed by atoms with van der Waals surface area (Å²) in [6, 6.07) is 3.10. The average molecular weight is 324 g/mol. The van der Waals surface area contributed by atoms with Crippen molar-refractivity contribution in [3.05, 3.63) is 35.4 Å². The molecule has 0 bridgehead atoms. The van der Waals surface area contributed by atoms with Crippen LogP contribution in [0, 0.1) is 11.6 Å². The van der Waals surface area contributed by atoms with Crippen LogP contribution < -0.4 is 0 Å². The zero-order chi connectivity index (χ0) is 16.6. The van der Waals surface area contributed by atoms with E-state index in [9.17, 15) is 18.7 Å². The Balaban J connectivity index is 1.78. The van der Waals surface area contributed by atoms with Crippen molar-refractivity contribution >= 4 is 5.91 Å². The van der Waals surface area contributed by atoms with Crippen LogP contribution in [0.25, 0.3) is 0 Å². The molecule has 4 nitrogen and oxygen atoms in total. The fraction of sp³-hybridized carbons (Fsp3) is 0.588. The molecule has 2 fully saturated rings. The van der Waals surface area contributed by atoms with E-state index >= 15 is 0 Å². The van der Waals surface area contributed by atoms with E-state index in [1.54, 1.807) is 0 Å². The number of hydrogen-bond donors (Lipinski definition) is 1. The highest BCUT2D eigenvalue weighted by Gasteiger charge is 2.38. The van der Waals surface area contributed by atoms with Gasteiger partial charge in [0.05, 0.1) is 18.7 Å². The van der Waals surface area contributed by atoms with Crippen LogP contribution in [0.15, 0.2) is 18.2 Å². The van der Waals surface area contributed by atoms with Gasteiger partial charge < -0.3 is 10.0 Å². The Morgan fingerprint density at radius 2 is 2.13 bits per heavy atom. The van der Waals surface area contributed by atoms with Crippen LogP contribution in [-0.2, 0) is 4.79 Å². The Labute approximate surface area is 134 Å². The Morgan fingerprint density at radius 1 is 1.39 bits per heavy atom. The second kappa shape index (κ2) is 6.53. The van der Waals surface area contributed by atoms with E-state index in [0.29, 0.717) is 6.04 Å². The largest absolute Gasteiger partial charge is 0.391 e. The first kappa shape index (κ1) is 16.3. The van der Waals surface area contributed by atoms with Crippen LogP contribution >= 0.6 is 0 Å². The molecule has 1 heterocycles. The van der Waals surface area contributed by atoms with Crippen molar-refractivity contribution in [1.29, 1.82) is 0 Å².